The molecule has 4 heterocycles. The van der Waals surface area contributed by atoms with Crippen LogP contribution in [0.5, 0.6) is 0 Å². The van der Waals surface area contributed by atoms with Crippen LogP contribution >= 0.6 is 0 Å². The molecule has 1 saturated carbocycles. The first-order chi connectivity index (χ1) is 15.0. The van der Waals surface area contributed by atoms with E-state index in [2.05, 4.69) is 30.2 Å². The van der Waals surface area contributed by atoms with E-state index in [4.69, 9.17) is 0 Å². The zero-order valence-electron chi connectivity index (χ0n) is 17.3. The number of carbonyl (C=O) groups is 1. The van der Waals surface area contributed by atoms with E-state index >= 15 is 0 Å². The van der Waals surface area contributed by atoms with Gasteiger partial charge in [0.15, 0.2) is 11.5 Å². The number of fused-ring (bicyclic) bond motifs is 1. The molecular weight excluding hydrogens is 401 g/mol. The summed E-state index contributed by atoms with van der Waals surface area (Å²) in [5.74, 6) is -0.783. The van der Waals surface area contributed by atoms with Crippen LogP contribution < -0.4 is 15.8 Å². The Balaban J connectivity index is 1.23. The number of amides is 1. The van der Waals surface area contributed by atoms with Crippen molar-refractivity contribution in [2.24, 2.45) is 0 Å². The zero-order chi connectivity index (χ0) is 21.5. The Morgan fingerprint density at radius 2 is 2.03 bits per heavy atom. The largest absolute Gasteiger partial charge is 0.368 e. The predicted octanol–water partition coefficient (Wildman–Crippen LogP) is 1.12. The highest BCUT2D eigenvalue weighted by Crippen LogP contribution is 2.38. The number of anilines is 1. The Bertz CT molecular complexity index is 1190. The summed E-state index contributed by atoms with van der Waals surface area (Å²) < 4.78 is 16.0. The molecule has 3 aromatic rings. The lowest BCUT2D eigenvalue weighted by Crippen LogP contribution is -2.46. The SMILES string of the molecule is CNC(=O)c1ncc(N2CCN(Cc3cc4[nH]c(=O)c(C5CC5)cn4n3)CC2)cc1F. The number of piperazine rings is 1. The van der Waals surface area contributed by atoms with Gasteiger partial charge in [-0.05, 0) is 18.8 Å². The van der Waals surface area contributed by atoms with Crippen LogP contribution in [0.25, 0.3) is 5.65 Å². The van der Waals surface area contributed by atoms with Gasteiger partial charge < -0.3 is 15.2 Å². The summed E-state index contributed by atoms with van der Waals surface area (Å²) in [7, 11) is 1.45. The number of nitrogens with one attached hydrogen (secondary N) is 2. The van der Waals surface area contributed by atoms with E-state index in [0.29, 0.717) is 23.8 Å². The molecule has 0 spiro atoms. The van der Waals surface area contributed by atoms with Crippen molar-refractivity contribution in [3.63, 3.8) is 0 Å². The molecule has 2 N–H and O–H groups in total. The lowest BCUT2D eigenvalue weighted by atomic mass is 10.2. The van der Waals surface area contributed by atoms with Gasteiger partial charge in [0.2, 0.25) is 0 Å². The van der Waals surface area contributed by atoms with Crippen molar-refractivity contribution in [3.05, 3.63) is 57.6 Å². The van der Waals surface area contributed by atoms with Gasteiger partial charge in [0.25, 0.3) is 11.5 Å². The highest BCUT2D eigenvalue weighted by molar-refractivity contribution is 5.92. The molecule has 1 aliphatic carbocycles. The average molecular weight is 425 g/mol. The van der Waals surface area contributed by atoms with Gasteiger partial charge in [-0.3, -0.25) is 14.5 Å². The average Bonchev–Trinajstić information content (AvgIpc) is 3.54. The number of carbonyl (C=O) groups excluding carboxylic acids is 1. The first-order valence-electron chi connectivity index (χ1n) is 10.5. The second kappa shape index (κ2) is 7.77. The lowest BCUT2D eigenvalue weighted by Gasteiger charge is -2.35. The molecule has 1 aliphatic heterocycles. The van der Waals surface area contributed by atoms with Crippen LogP contribution in [-0.4, -0.2) is 63.6 Å². The summed E-state index contributed by atoms with van der Waals surface area (Å²) in [5, 5.41) is 7.02. The van der Waals surface area contributed by atoms with Crippen LogP contribution in [-0.2, 0) is 6.54 Å². The number of halogens is 1. The first-order valence-corrected chi connectivity index (χ1v) is 10.5. The van der Waals surface area contributed by atoms with Crippen LogP contribution in [0.4, 0.5) is 10.1 Å². The Kier molecular flexibility index (Phi) is 4.93. The predicted molar refractivity (Wildman–Crippen MR) is 113 cm³/mol. The lowest BCUT2D eigenvalue weighted by molar-refractivity contribution is 0.0953. The molecule has 1 amide bonds. The minimum absolute atomic E-state index is 0.0154. The maximum Gasteiger partial charge on any atom is 0.272 e. The van der Waals surface area contributed by atoms with Gasteiger partial charge in [0.1, 0.15) is 5.65 Å². The molecule has 0 radical (unpaired) electrons. The van der Waals surface area contributed by atoms with E-state index in [-0.39, 0.29) is 11.3 Å². The Hall–Kier alpha value is -3.27. The maximum atomic E-state index is 14.2. The Labute approximate surface area is 177 Å². The number of rotatable bonds is 5. The van der Waals surface area contributed by atoms with E-state index in [1.807, 2.05) is 12.3 Å². The molecule has 0 bridgehead atoms. The highest BCUT2D eigenvalue weighted by atomic mass is 19.1. The molecule has 3 aromatic heterocycles. The fourth-order valence-electron chi connectivity index (χ4n) is 4.06. The zero-order valence-corrected chi connectivity index (χ0v) is 17.3. The number of aromatic nitrogens is 4. The Morgan fingerprint density at radius 1 is 1.26 bits per heavy atom. The summed E-state index contributed by atoms with van der Waals surface area (Å²) in [5.41, 5.74) is 2.89. The van der Waals surface area contributed by atoms with Crippen LogP contribution in [0.15, 0.2) is 29.3 Å². The molecule has 10 heteroatoms. The number of pyridine rings is 1. The second-order valence-electron chi connectivity index (χ2n) is 8.14. The Morgan fingerprint density at radius 3 is 2.71 bits per heavy atom. The number of nitrogens with zero attached hydrogens (tertiary/aromatic N) is 5. The second-order valence-corrected chi connectivity index (χ2v) is 8.14. The topological polar surface area (TPSA) is 98.6 Å². The maximum absolute atomic E-state index is 14.2. The normalized spacial score (nSPS) is 17.3. The summed E-state index contributed by atoms with van der Waals surface area (Å²) in [4.78, 5) is 35.1. The number of hydrogen-bond donors (Lipinski definition) is 2. The quantitative estimate of drug-likeness (QED) is 0.636. The molecule has 2 aliphatic rings. The summed E-state index contributed by atoms with van der Waals surface area (Å²) in [6.07, 6.45) is 5.54. The standard InChI is InChI=1S/C21H24FN7O2/c1-23-21(31)19-17(22)9-15(10-24-19)28-6-4-27(5-7-28)11-14-8-18-25-20(30)16(13-2-3-13)12-29(18)26-14/h8-10,12-13H,2-7,11H2,1H3,(H,23,31)(H,25,30). The van der Waals surface area contributed by atoms with Gasteiger partial charge in [-0.25, -0.2) is 13.9 Å². The first kappa shape index (κ1) is 19.7. The molecule has 2 fully saturated rings. The highest BCUT2D eigenvalue weighted by Gasteiger charge is 2.27. The smallest absolute Gasteiger partial charge is 0.272 e. The van der Waals surface area contributed by atoms with Crippen LogP contribution in [0.2, 0.25) is 0 Å². The van der Waals surface area contributed by atoms with Gasteiger partial charge in [-0.2, -0.15) is 5.10 Å². The third-order valence-corrected chi connectivity index (χ3v) is 5.96. The van der Waals surface area contributed by atoms with Crippen molar-refractivity contribution in [1.29, 1.82) is 0 Å². The number of aromatic amines is 1. The van der Waals surface area contributed by atoms with Gasteiger partial charge >= 0.3 is 0 Å². The third-order valence-electron chi connectivity index (χ3n) is 5.96. The molecule has 31 heavy (non-hydrogen) atoms. The van der Waals surface area contributed by atoms with E-state index < -0.39 is 11.7 Å². The van der Waals surface area contributed by atoms with Gasteiger partial charge in [0.05, 0.1) is 17.6 Å². The molecule has 5 rings (SSSR count). The molecule has 9 nitrogen and oxygen atoms in total. The molecule has 0 aromatic carbocycles. The van der Waals surface area contributed by atoms with Crippen LogP contribution in [0, 0.1) is 5.82 Å². The molecule has 162 valence electrons. The summed E-state index contributed by atoms with van der Waals surface area (Å²) >= 11 is 0. The van der Waals surface area contributed by atoms with E-state index in [1.165, 1.54) is 13.1 Å². The van der Waals surface area contributed by atoms with Crippen LogP contribution in [0.1, 0.15) is 40.5 Å². The summed E-state index contributed by atoms with van der Waals surface area (Å²) in [6.45, 7) is 3.69. The van der Waals surface area contributed by atoms with E-state index in [0.717, 1.165) is 50.3 Å². The van der Waals surface area contributed by atoms with Crippen molar-refractivity contribution in [2.75, 3.05) is 38.1 Å². The number of hydrogen-bond acceptors (Lipinski definition) is 6. The van der Waals surface area contributed by atoms with E-state index in [1.54, 1.807) is 10.7 Å². The van der Waals surface area contributed by atoms with Gasteiger partial charge in [0, 0.05) is 63.7 Å². The fourth-order valence-corrected chi connectivity index (χ4v) is 4.06. The van der Waals surface area contributed by atoms with Crippen LogP contribution in [0.3, 0.4) is 0 Å². The van der Waals surface area contributed by atoms with Gasteiger partial charge in [-0.1, -0.05) is 0 Å². The van der Waals surface area contributed by atoms with Gasteiger partial charge in [-0.15, -0.1) is 0 Å². The summed E-state index contributed by atoms with van der Waals surface area (Å²) in [6, 6.07) is 3.28. The van der Waals surface area contributed by atoms with Crippen molar-refractivity contribution < 1.29 is 9.18 Å². The molecule has 1 saturated heterocycles. The van der Waals surface area contributed by atoms with Crippen molar-refractivity contribution in [3.8, 4) is 0 Å². The minimum atomic E-state index is -0.622. The molecular formula is C21H24FN7O2. The van der Waals surface area contributed by atoms with Crippen molar-refractivity contribution in [1.82, 2.24) is 29.8 Å². The number of H-pyrrole nitrogens is 1. The minimum Gasteiger partial charge on any atom is -0.368 e. The molecule has 0 unspecified atom stereocenters. The van der Waals surface area contributed by atoms with E-state index in [9.17, 15) is 14.0 Å². The van der Waals surface area contributed by atoms with Crippen molar-refractivity contribution in [2.45, 2.75) is 25.3 Å². The third kappa shape index (κ3) is 3.90. The molecule has 0 atom stereocenters. The fraction of sp³-hybridized carbons (Fsp3) is 0.429. The monoisotopic (exact) mass is 425 g/mol. The van der Waals surface area contributed by atoms with Crippen molar-refractivity contribution >= 4 is 17.2 Å².